The Morgan fingerprint density at radius 2 is 1.79 bits per heavy atom. The van der Waals surface area contributed by atoms with Gasteiger partial charge < -0.3 is 9.64 Å². The third kappa shape index (κ3) is 7.38. The topological polar surface area (TPSA) is 63.7 Å². The van der Waals surface area contributed by atoms with Gasteiger partial charge in [-0.25, -0.2) is 8.42 Å². The number of benzene rings is 1. The minimum Gasteiger partial charge on any atom is -0.379 e. The zero-order valence-corrected chi connectivity index (χ0v) is 16.4. The van der Waals surface area contributed by atoms with Crippen LogP contribution in [-0.4, -0.2) is 50.1 Å². The summed E-state index contributed by atoms with van der Waals surface area (Å²) in [5.74, 6) is 0.00478. The number of ether oxygens (including phenoxy) is 1. The number of hydrogen-bond acceptors (Lipinski definition) is 4. The zero-order valence-electron chi connectivity index (χ0n) is 14.0. The van der Waals surface area contributed by atoms with Crippen molar-refractivity contribution in [1.29, 1.82) is 0 Å². The summed E-state index contributed by atoms with van der Waals surface area (Å²) in [6, 6.07) is 6.37. The summed E-state index contributed by atoms with van der Waals surface area (Å²) in [6.07, 6.45) is 1.15. The molecule has 0 spiro atoms. The summed E-state index contributed by atoms with van der Waals surface area (Å²) in [5, 5.41) is 0. The maximum atomic E-state index is 12.1. The quantitative estimate of drug-likeness (QED) is 0.476. The highest BCUT2D eigenvalue weighted by molar-refractivity contribution is 7.90. The Labute approximate surface area is 153 Å². The van der Waals surface area contributed by atoms with E-state index in [0.717, 1.165) is 11.8 Å². The molecule has 0 radical (unpaired) electrons. The summed E-state index contributed by atoms with van der Waals surface area (Å²) in [7, 11) is -3.25. The standard InChI is InChI=1S/C16H23Cl2NO4S/c1-12(2)11-23-9-8-19(16(20)15(17)18)10-13-4-6-14(7-5-13)24(3,21)22/h4-7,12,15H,8-11H2,1-3H3. The Kier molecular flexibility index (Phi) is 8.50. The molecule has 0 aromatic heterocycles. The number of sulfone groups is 1. The summed E-state index contributed by atoms with van der Waals surface area (Å²) in [4.78, 5) is 12.7. The molecule has 0 N–H and O–H groups in total. The summed E-state index contributed by atoms with van der Waals surface area (Å²) in [6.45, 7) is 5.71. The van der Waals surface area contributed by atoms with Crippen LogP contribution in [0.25, 0.3) is 0 Å². The fourth-order valence-corrected chi connectivity index (χ4v) is 2.87. The number of carbonyl (C=O) groups is 1. The van der Waals surface area contributed by atoms with Gasteiger partial charge in [-0.1, -0.05) is 49.2 Å². The number of alkyl halides is 2. The normalized spacial score (nSPS) is 12.0. The molecule has 8 heteroatoms. The van der Waals surface area contributed by atoms with Crippen molar-refractivity contribution in [2.75, 3.05) is 26.0 Å². The van der Waals surface area contributed by atoms with E-state index in [1.807, 2.05) is 13.8 Å². The Balaban J connectivity index is 2.75. The van der Waals surface area contributed by atoms with E-state index in [2.05, 4.69) is 0 Å². The monoisotopic (exact) mass is 395 g/mol. The molecule has 1 rings (SSSR count). The Morgan fingerprint density at radius 1 is 1.21 bits per heavy atom. The van der Waals surface area contributed by atoms with Gasteiger partial charge in [0.1, 0.15) is 0 Å². The van der Waals surface area contributed by atoms with Crippen LogP contribution in [0.3, 0.4) is 0 Å². The third-order valence-electron chi connectivity index (χ3n) is 3.18. The van der Waals surface area contributed by atoms with Crippen molar-refractivity contribution in [2.24, 2.45) is 5.92 Å². The number of rotatable bonds is 9. The molecule has 1 aromatic rings. The van der Waals surface area contributed by atoms with Gasteiger partial charge in [0.25, 0.3) is 5.91 Å². The molecular formula is C16H23Cl2NO4S. The molecule has 0 aliphatic carbocycles. The first kappa shape index (κ1) is 21.2. The minimum atomic E-state index is -3.25. The molecule has 136 valence electrons. The molecule has 0 aliphatic heterocycles. The maximum Gasteiger partial charge on any atom is 0.256 e. The molecule has 1 aromatic carbocycles. The molecule has 0 saturated carbocycles. The number of carbonyl (C=O) groups excluding carboxylic acids is 1. The predicted octanol–water partition coefficient (Wildman–Crippen LogP) is 2.90. The van der Waals surface area contributed by atoms with Gasteiger partial charge in [-0.2, -0.15) is 0 Å². The van der Waals surface area contributed by atoms with E-state index in [1.54, 1.807) is 12.1 Å². The van der Waals surface area contributed by atoms with Gasteiger partial charge in [0.15, 0.2) is 14.7 Å². The molecule has 1 amide bonds. The van der Waals surface area contributed by atoms with Crippen molar-refractivity contribution in [1.82, 2.24) is 4.90 Å². The molecule has 5 nitrogen and oxygen atoms in total. The molecule has 0 saturated heterocycles. The van der Waals surface area contributed by atoms with Gasteiger partial charge in [-0.3, -0.25) is 4.79 Å². The average molecular weight is 396 g/mol. The van der Waals surface area contributed by atoms with E-state index in [4.69, 9.17) is 27.9 Å². The highest BCUT2D eigenvalue weighted by Crippen LogP contribution is 2.14. The van der Waals surface area contributed by atoms with E-state index in [0.29, 0.717) is 25.7 Å². The predicted molar refractivity (Wildman–Crippen MR) is 96.1 cm³/mol. The van der Waals surface area contributed by atoms with Crippen molar-refractivity contribution in [3.63, 3.8) is 0 Å². The Bertz CT molecular complexity index is 630. The van der Waals surface area contributed by atoms with E-state index < -0.39 is 20.6 Å². The molecular weight excluding hydrogens is 373 g/mol. The number of amides is 1. The van der Waals surface area contributed by atoms with E-state index in [1.165, 1.54) is 17.0 Å². The van der Waals surface area contributed by atoms with Crippen molar-refractivity contribution in [3.8, 4) is 0 Å². The van der Waals surface area contributed by atoms with Crippen LogP contribution in [0.4, 0.5) is 0 Å². The summed E-state index contributed by atoms with van der Waals surface area (Å²) in [5.41, 5.74) is 0.786. The van der Waals surface area contributed by atoms with Crippen LogP contribution in [0.1, 0.15) is 19.4 Å². The lowest BCUT2D eigenvalue weighted by molar-refractivity contribution is -0.130. The molecule has 0 fully saturated rings. The second-order valence-corrected chi connectivity index (χ2v) is 9.06. The van der Waals surface area contributed by atoms with Gasteiger partial charge in [0, 0.05) is 26.0 Å². The van der Waals surface area contributed by atoms with Crippen molar-refractivity contribution in [2.45, 2.75) is 30.1 Å². The molecule has 0 heterocycles. The number of halogens is 2. The smallest absolute Gasteiger partial charge is 0.256 e. The summed E-state index contributed by atoms with van der Waals surface area (Å²) < 4.78 is 28.5. The minimum absolute atomic E-state index is 0.233. The SMILES string of the molecule is CC(C)COCCN(Cc1ccc(S(C)(=O)=O)cc1)C(=O)C(Cl)Cl. The van der Waals surface area contributed by atoms with Gasteiger partial charge >= 0.3 is 0 Å². The molecule has 0 aliphatic rings. The van der Waals surface area contributed by atoms with Crippen LogP contribution in [0, 0.1) is 5.92 Å². The lowest BCUT2D eigenvalue weighted by atomic mass is 10.2. The first-order valence-electron chi connectivity index (χ1n) is 7.55. The van der Waals surface area contributed by atoms with Crippen LogP contribution >= 0.6 is 23.2 Å². The van der Waals surface area contributed by atoms with Gasteiger partial charge in [-0.05, 0) is 23.6 Å². The second-order valence-electron chi connectivity index (χ2n) is 5.95. The maximum absolute atomic E-state index is 12.1. The lowest BCUT2D eigenvalue weighted by Crippen LogP contribution is -2.37. The van der Waals surface area contributed by atoms with Crippen molar-refractivity contribution < 1.29 is 17.9 Å². The van der Waals surface area contributed by atoms with E-state index in [-0.39, 0.29) is 11.4 Å². The fraction of sp³-hybridized carbons (Fsp3) is 0.562. The van der Waals surface area contributed by atoms with Gasteiger partial charge in [-0.15, -0.1) is 0 Å². The zero-order chi connectivity index (χ0) is 18.3. The second kappa shape index (κ2) is 9.61. The average Bonchev–Trinajstić information content (AvgIpc) is 2.48. The first-order chi connectivity index (χ1) is 11.1. The highest BCUT2D eigenvalue weighted by atomic mass is 35.5. The highest BCUT2D eigenvalue weighted by Gasteiger charge is 2.20. The largest absolute Gasteiger partial charge is 0.379 e. The molecule has 0 atom stereocenters. The van der Waals surface area contributed by atoms with Gasteiger partial charge in [0.05, 0.1) is 11.5 Å². The van der Waals surface area contributed by atoms with Crippen LogP contribution in [0.5, 0.6) is 0 Å². The van der Waals surface area contributed by atoms with Crippen molar-refractivity contribution >= 4 is 38.9 Å². The first-order valence-corrected chi connectivity index (χ1v) is 10.3. The molecule has 0 unspecified atom stereocenters. The van der Waals surface area contributed by atoms with E-state index in [9.17, 15) is 13.2 Å². The lowest BCUT2D eigenvalue weighted by Gasteiger charge is -2.23. The van der Waals surface area contributed by atoms with Gasteiger partial charge in [0.2, 0.25) is 0 Å². The number of hydrogen-bond donors (Lipinski definition) is 0. The van der Waals surface area contributed by atoms with Crippen molar-refractivity contribution in [3.05, 3.63) is 29.8 Å². The van der Waals surface area contributed by atoms with Crippen LogP contribution in [0.15, 0.2) is 29.2 Å². The molecule has 0 bridgehead atoms. The van der Waals surface area contributed by atoms with Crippen LogP contribution in [0.2, 0.25) is 0 Å². The number of nitrogens with zero attached hydrogens (tertiary/aromatic N) is 1. The van der Waals surface area contributed by atoms with Crippen LogP contribution < -0.4 is 0 Å². The van der Waals surface area contributed by atoms with Crippen LogP contribution in [-0.2, 0) is 25.9 Å². The Hall–Kier alpha value is -0.820. The Morgan fingerprint density at radius 3 is 2.25 bits per heavy atom. The fourth-order valence-electron chi connectivity index (χ4n) is 1.96. The molecule has 24 heavy (non-hydrogen) atoms. The van der Waals surface area contributed by atoms with E-state index >= 15 is 0 Å². The summed E-state index contributed by atoms with van der Waals surface area (Å²) >= 11 is 11.4. The third-order valence-corrected chi connectivity index (χ3v) is 4.68.